The van der Waals surface area contributed by atoms with Gasteiger partial charge in [-0.3, -0.25) is 9.59 Å². The van der Waals surface area contributed by atoms with Gasteiger partial charge in [0.1, 0.15) is 6.04 Å². The SMILES string of the molecule is CC[C@H](C(=O)NC1CCCCC1)N(Cc1ccc(Cl)cc1)C(=O)CCSc1ccc(Cl)cc1. The molecule has 7 heteroatoms. The van der Waals surface area contributed by atoms with E-state index >= 15 is 0 Å². The van der Waals surface area contributed by atoms with Crippen LogP contribution in [0, 0.1) is 0 Å². The maximum absolute atomic E-state index is 13.3. The Bertz CT molecular complexity index is 900. The molecule has 0 aliphatic heterocycles. The molecule has 0 unspecified atom stereocenters. The van der Waals surface area contributed by atoms with E-state index in [1.54, 1.807) is 16.7 Å². The maximum atomic E-state index is 13.3. The standard InChI is InChI=1S/C26H32Cl2N2O2S/c1-2-24(26(32)29-22-6-4-3-5-7-22)30(18-19-8-10-20(27)11-9-19)25(31)16-17-33-23-14-12-21(28)13-15-23/h8-15,22,24H,2-7,16-18H2,1H3,(H,29,32)/t24-/m1/s1. The Labute approximate surface area is 211 Å². The number of carbonyl (C=O) groups excluding carboxylic acids is 2. The summed E-state index contributed by atoms with van der Waals surface area (Å²) in [5.74, 6) is 0.576. The van der Waals surface area contributed by atoms with Gasteiger partial charge in [-0.1, -0.05) is 61.5 Å². The molecule has 0 bridgehead atoms. The molecule has 1 saturated carbocycles. The fourth-order valence-electron chi connectivity index (χ4n) is 4.18. The van der Waals surface area contributed by atoms with Gasteiger partial charge in [-0.2, -0.15) is 0 Å². The number of nitrogens with one attached hydrogen (secondary N) is 1. The largest absolute Gasteiger partial charge is 0.352 e. The average molecular weight is 508 g/mol. The molecule has 0 saturated heterocycles. The summed E-state index contributed by atoms with van der Waals surface area (Å²) in [6, 6.07) is 14.8. The minimum Gasteiger partial charge on any atom is -0.352 e. The van der Waals surface area contributed by atoms with E-state index in [9.17, 15) is 9.59 Å². The molecular formula is C26H32Cl2N2O2S. The highest BCUT2D eigenvalue weighted by Crippen LogP contribution is 2.23. The van der Waals surface area contributed by atoms with Crippen molar-refractivity contribution in [3.8, 4) is 0 Å². The normalized spacial score (nSPS) is 15.1. The fourth-order valence-corrected chi connectivity index (χ4v) is 5.27. The quantitative estimate of drug-likeness (QED) is 0.363. The molecule has 0 radical (unpaired) electrons. The van der Waals surface area contributed by atoms with Crippen LogP contribution in [0.4, 0.5) is 0 Å². The number of thioether (sulfide) groups is 1. The van der Waals surface area contributed by atoms with Crippen molar-refractivity contribution in [2.75, 3.05) is 5.75 Å². The molecule has 3 rings (SSSR count). The third kappa shape index (κ3) is 8.24. The Balaban J connectivity index is 1.68. The molecule has 2 aromatic carbocycles. The van der Waals surface area contributed by atoms with Crippen molar-refractivity contribution in [2.45, 2.75) is 75.4 Å². The lowest BCUT2D eigenvalue weighted by Gasteiger charge is -2.33. The van der Waals surface area contributed by atoms with Crippen LogP contribution in [0.1, 0.15) is 57.4 Å². The number of hydrogen-bond donors (Lipinski definition) is 1. The van der Waals surface area contributed by atoms with Crippen molar-refractivity contribution in [3.05, 3.63) is 64.1 Å². The van der Waals surface area contributed by atoms with E-state index in [4.69, 9.17) is 23.2 Å². The van der Waals surface area contributed by atoms with Gasteiger partial charge in [-0.05, 0) is 61.2 Å². The summed E-state index contributed by atoms with van der Waals surface area (Å²) in [5.41, 5.74) is 0.960. The van der Waals surface area contributed by atoms with Gasteiger partial charge < -0.3 is 10.2 Å². The lowest BCUT2D eigenvalue weighted by Crippen LogP contribution is -2.51. The van der Waals surface area contributed by atoms with Crippen LogP contribution >= 0.6 is 35.0 Å². The molecule has 33 heavy (non-hydrogen) atoms. The molecule has 1 aliphatic rings. The molecule has 1 fully saturated rings. The van der Waals surface area contributed by atoms with Crippen molar-refractivity contribution >= 4 is 46.8 Å². The van der Waals surface area contributed by atoms with E-state index < -0.39 is 6.04 Å². The van der Waals surface area contributed by atoms with Crippen LogP contribution in [0.15, 0.2) is 53.4 Å². The third-order valence-electron chi connectivity index (χ3n) is 6.00. The minimum absolute atomic E-state index is 0.0166. The van der Waals surface area contributed by atoms with Crippen molar-refractivity contribution in [2.24, 2.45) is 0 Å². The lowest BCUT2D eigenvalue weighted by molar-refractivity contribution is -0.141. The molecule has 0 heterocycles. The van der Waals surface area contributed by atoms with Gasteiger partial charge in [0.2, 0.25) is 11.8 Å². The number of rotatable bonds is 10. The highest BCUT2D eigenvalue weighted by Gasteiger charge is 2.30. The molecule has 2 aromatic rings. The number of benzene rings is 2. The number of nitrogens with zero attached hydrogens (tertiary/aromatic N) is 1. The second-order valence-corrected chi connectivity index (χ2v) is 10.5. The van der Waals surface area contributed by atoms with Crippen LogP contribution in [0.3, 0.4) is 0 Å². The van der Waals surface area contributed by atoms with Gasteiger partial charge in [0.25, 0.3) is 0 Å². The molecule has 4 nitrogen and oxygen atoms in total. The summed E-state index contributed by atoms with van der Waals surface area (Å²) in [7, 11) is 0. The monoisotopic (exact) mass is 506 g/mol. The number of hydrogen-bond acceptors (Lipinski definition) is 3. The van der Waals surface area contributed by atoms with Gasteiger partial charge in [0, 0.05) is 39.7 Å². The molecule has 0 aromatic heterocycles. The second kappa shape index (κ2) is 13.3. The Morgan fingerprint density at radius 3 is 2.21 bits per heavy atom. The summed E-state index contributed by atoms with van der Waals surface area (Å²) in [4.78, 5) is 29.4. The van der Waals surface area contributed by atoms with Crippen LogP contribution in [0.2, 0.25) is 10.0 Å². The molecule has 178 valence electrons. The van der Waals surface area contributed by atoms with Gasteiger partial charge in [0.05, 0.1) is 0 Å². The fraction of sp³-hybridized carbons (Fsp3) is 0.462. The number of amides is 2. The van der Waals surface area contributed by atoms with Crippen molar-refractivity contribution in [1.82, 2.24) is 10.2 Å². The summed E-state index contributed by atoms with van der Waals surface area (Å²) < 4.78 is 0. The van der Waals surface area contributed by atoms with Crippen LogP contribution in [-0.4, -0.2) is 34.6 Å². The Morgan fingerprint density at radius 1 is 1.00 bits per heavy atom. The van der Waals surface area contributed by atoms with Crippen molar-refractivity contribution in [3.63, 3.8) is 0 Å². The van der Waals surface area contributed by atoms with E-state index in [0.29, 0.717) is 35.2 Å². The first kappa shape index (κ1) is 25.9. The zero-order valence-corrected chi connectivity index (χ0v) is 21.4. The van der Waals surface area contributed by atoms with Crippen molar-refractivity contribution in [1.29, 1.82) is 0 Å². The maximum Gasteiger partial charge on any atom is 0.243 e. The van der Waals surface area contributed by atoms with Crippen LogP contribution in [0.5, 0.6) is 0 Å². The first-order chi connectivity index (χ1) is 16.0. The molecule has 1 atom stereocenters. The minimum atomic E-state index is -0.490. The van der Waals surface area contributed by atoms with Crippen LogP contribution in [0.25, 0.3) is 0 Å². The molecule has 2 amide bonds. The van der Waals surface area contributed by atoms with E-state index in [-0.39, 0.29) is 17.9 Å². The van der Waals surface area contributed by atoms with Gasteiger partial charge in [0.15, 0.2) is 0 Å². The lowest BCUT2D eigenvalue weighted by atomic mass is 9.95. The van der Waals surface area contributed by atoms with E-state index in [2.05, 4.69) is 5.32 Å². The topological polar surface area (TPSA) is 49.4 Å². The van der Waals surface area contributed by atoms with Crippen LogP contribution in [-0.2, 0) is 16.1 Å². The highest BCUT2D eigenvalue weighted by molar-refractivity contribution is 7.99. The predicted octanol–water partition coefficient (Wildman–Crippen LogP) is 6.73. The van der Waals surface area contributed by atoms with Crippen molar-refractivity contribution < 1.29 is 9.59 Å². The smallest absolute Gasteiger partial charge is 0.243 e. The number of carbonyl (C=O) groups is 2. The molecular weight excluding hydrogens is 475 g/mol. The molecule has 1 aliphatic carbocycles. The summed E-state index contributed by atoms with van der Waals surface area (Å²) >= 11 is 13.6. The number of halogens is 2. The van der Waals surface area contributed by atoms with E-state index in [1.165, 1.54) is 6.42 Å². The summed E-state index contributed by atoms with van der Waals surface area (Å²) in [6.07, 6.45) is 6.50. The van der Waals surface area contributed by atoms with Gasteiger partial charge >= 0.3 is 0 Å². The first-order valence-electron chi connectivity index (χ1n) is 11.7. The third-order valence-corrected chi connectivity index (χ3v) is 7.52. The van der Waals surface area contributed by atoms with Crippen LogP contribution < -0.4 is 5.32 Å². The zero-order chi connectivity index (χ0) is 23.6. The van der Waals surface area contributed by atoms with Gasteiger partial charge in [-0.25, -0.2) is 0 Å². The highest BCUT2D eigenvalue weighted by atomic mass is 35.5. The summed E-state index contributed by atoms with van der Waals surface area (Å²) in [5, 5.41) is 4.56. The Morgan fingerprint density at radius 2 is 1.61 bits per heavy atom. The Kier molecular flexibility index (Phi) is 10.4. The van der Waals surface area contributed by atoms with E-state index in [0.717, 1.165) is 36.1 Å². The second-order valence-electron chi connectivity index (χ2n) is 8.47. The van der Waals surface area contributed by atoms with Gasteiger partial charge in [-0.15, -0.1) is 11.8 Å². The molecule has 1 N–H and O–H groups in total. The zero-order valence-electron chi connectivity index (χ0n) is 19.1. The molecule has 0 spiro atoms. The first-order valence-corrected chi connectivity index (χ1v) is 13.4. The van der Waals surface area contributed by atoms with E-state index in [1.807, 2.05) is 55.5 Å². The Hall–Kier alpha value is -1.69. The predicted molar refractivity (Wildman–Crippen MR) is 138 cm³/mol. The average Bonchev–Trinajstić information content (AvgIpc) is 2.82. The summed E-state index contributed by atoms with van der Waals surface area (Å²) in [6.45, 7) is 2.36.